The minimum atomic E-state index is 0.0168. The Kier molecular flexibility index (Phi) is 11.6. The molecule has 0 aliphatic heterocycles. The van der Waals surface area contributed by atoms with Crippen molar-refractivity contribution in [2.45, 2.75) is 72.6 Å². The lowest BCUT2D eigenvalue weighted by Gasteiger charge is -2.27. The number of amides is 1. The van der Waals surface area contributed by atoms with Crippen molar-refractivity contribution in [3.63, 3.8) is 0 Å². The summed E-state index contributed by atoms with van der Waals surface area (Å²) in [6, 6.07) is 9.43. The summed E-state index contributed by atoms with van der Waals surface area (Å²) in [5.74, 6) is 2.00. The Morgan fingerprint density at radius 2 is 1.79 bits per heavy atom. The van der Waals surface area contributed by atoms with E-state index in [0.717, 1.165) is 52.2 Å². The van der Waals surface area contributed by atoms with Gasteiger partial charge in [-0.3, -0.25) is 9.59 Å². The van der Waals surface area contributed by atoms with Crippen LogP contribution in [0.25, 0.3) is 0 Å². The van der Waals surface area contributed by atoms with Gasteiger partial charge in [0, 0.05) is 27.7 Å². The summed E-state index contributed by atoms with van der Waals surface area (Å²) in [4.78, 5) is 23.7. The number of aryl methyl sites for hydroxylation is 1. The van der Waals surface area contributed by atoms with Crippen molar-refractivity contribution in [2.75, 3.05) is 12.4 Å². The fraction of sp³-hybridized carbons (Fsp3) is 0.500. The predicted octanol–water partition coefficient (Wildman–Crippen LogP) is 8.42. The van der Waals surface area contributed by atoms with Crippen LogP contribution in [0.5, 0.6) is 5.75 Å². The van der Waals surface area contributed by atoms with Gasteiger partial charge in [0.05, 0.1) is 12.1 Å². The van der Waals surface area contributed by atoms with E-state index in [4.69, 9.17) is 16.3 Å². The lowest BCUT2D eigenvalue weighted by Crippen LogP contribution is -2.27. The molecular weight excluding hydrogens is 514 g/mol. The Bertz CT molecular complexity index is 984. The first kappa shape index (κ1) is 28.4. The molecule has 0 saturated heterocycles. The summed E-state index contributed by atoms with van der Waals surface area (Å²) in [6.07, 6.45) is 7.82. The number of Topliss-reactive ketones (excluding diaryl/α,β-unsaturated/α-hetero) is 1. The van der Waals surface area contributed by atoms with Gasteiger partial charge in [-0.1, -0.05) is 60.3 Å². The van der Waals surface area contributed by atoms with Crippen LogP contribution in [0.15, 0.2) is 34.8 Å². The van der Waals surface area contributed by atoms with Crippen LogP contribution in [0.4, 0.5) is 5.69 Å². The zero-order chi connectivity index (χ0) is 25.3. The third-order valence-corrected chi connectivity index (χ3v) is 7.56. The molecule has 2 aromatic rings. The third kappa shape index (κ3) is 7.84. The number of halogens is 2. The number of hydrogen-bond donors (Lipinski definition) is 1. The van der Waals surface area contributed by atoms with E-state index >= 15 is 0 Å². The highest BCUT2D eigenvalue weighted by Crippen LogP contribution is 2.32. The zero-order valence-corrected chi connectivity index (χ0v) is 23.3. The monoisotopic (exact) mass is 549 g/mol. The fourth-order valence-corrected chi connectivity index (χ4v) is 5.50. The van der Waals surface area contributed by atoms with E-state index in [2.05, 4.69) is 28.2 Å². The number of nitrogens with one attached hydrogen (secondary N) is 1. The molecule has 186 valence electrons. The van der Waals surface area contributed by atoms with Crippen molar-refractivity contribution in [2.24, 2.45) is 11.8 Å². The standard InChI is InChI=1S/C18H27NO2.C10H10BrClO/c1-4-5-14-7-9-15(10-8-14)18(20)19-16-11-6-13(2)17(12-16)21-3;1-3-7-8(11)4-5-9(12)10(7)6(2)13/h6,11-12,14-15H,4-5,7-10H2,1-3H3,(H,19,20);4-5H,3H2,1-2H3. The zero-order valence-electron chi connectivity index (χ0n) is 21.0. The number of anilines is 1. The van der Waals surface area contributed by atoms with Gasteiger partial charge in [-0.05, 0) is 81.2 Å². The first-order valence-electron chi connectivity index (χ1n) is 12.1. The van der Waals surface area contributed by atoms with E-state index in [0.29, 0.717) is 10.6 Å². The molecular formula is C28H37BrClNO3. The molecule has 4 nitrogen and oxygen atoms in total. The number of ether oxygens (including phenoxy) is 1. The van der Waals surface area contributed by atoms with E-state index in [1.165, 1.54) is 32.6 Å². The van der Waals surface area contributed by atoms with Crippen molar-refractivity contribution in [1.82, 2.24) is 0 Å². The van der Waals surface area contributed by atoms with E-state index < -0.39 is 0 Å². The number of carbonyl (C=O) groups excluding carboxylic acids is 2. The first-order chi connectivity index (χ1) is 16.2. The van der Waals surface area contributed by atoms with Gasteiger partial charge >= 0.3 is 0 Å². The molecule has 0 atom stereocenters. The minimum absolute atomic E-state index is 0.0168. The molecule has 6 heteroatoms. The van der Waals surface area contributed by atoms with Crippen LogP contribution in [-0.4, -0.2) is 18.8 Å². The Morgan fingerprint density at radius 1 is 1.12 bits per heavy atom. The Hall–Kier alpha value is -1.85. The molecule has 1 aliphatic rings. The van der Waals surface area contributed by atoms with E-state index in [-0.39, 0.29) is 17.6 Å². The molecule has 1 saturated carbocycles. The quantitative estimate of drug-likeness (QED) is 0.352. The van der Waals surface area contributed by atoms with Crippen molar-refractivity contribution < 1.29 is 14.3 Å². The van der Waals surface area contributed by atoms with E-state index in [1.807, 2.05) is 38.1 Å². The second-order valence-corrected chi connectivity index (χ2v) is 10.2. The topological polar surface area (TPSA) is 55.4 Å². The Labute approximate surface area is 217 Å². The maximum absolute atomic E-state index is 12.4. The number of rotatable bonds is 7. The van der Waals surface area contributed by atoms with Gasteiger partial charge in [0.25, 0.3) is 0 Å². The van der Waals surface area contributed by atoms with Gasteiger partial charge in [-0.25, -0.2) is 0 Å². The van der Waals surface area contributed by atoms with E-state index in [9.17, 15) is 9.59 Å². The lowest BCUT2D eigenvalue weighted by molar-refractivity contribution is -0.121. The maximum Gasteiger partial charge on any atom is 0.227 e. The van der Waals surface area contributed by atoms with Crippen molar-refractivity contribution in [3.8, 4) is 5.75 Å². The minimum Gasteiger partial charge on any atom is -0.496 e. The number of benzene rings is 2. The SMILES string of the molecule is CCCC1CCC(C(=O)Nc2ccc(C)c(OC)c2)CC1.CCc1c(Br)ccc(Cl)c1C(C)=O. The van der Waals surface area contributed by atoms with Crippen molar-refractivity contribution in [1.29, 1.82) is 0 Å². The molecule has 1 aliphatic carbocycles. The highest BCUT2D eigenvalue weighted by molar-refractivity contribution is 9.10. The second-order valence-electron chi connectivity index (χ2n) is 8.97. The highest BCUT2D eigenvalue weighted by atomic mass is 79.9. The van der Waals surface area contributed by atoms with Crippen LogP contribution in [-0.2, 0) is 11.2 Å². The van der Waals surface area contributed by atoms with Gasteiger partial charge in [0.2, 0.25) is 5.91 Å². The molecule has 34 heavy (non-hydrogen) atoms. The average molecular weight is 551 g/mol. The molecule has 1 fully saturated rings. The van der Waals surface area contributed by atoms with E-state index in [1.54, 1.807) is 13.2 Å². The molecule has 0 radical (unpaired) electrons. The number of hydrogen-bond acceptors (Lipinski definition) is 3. The Morgan fingerprint density at radius 3 is 2.32 bits per heavy atom. The maximum atomic E-state index is 12.4. The summed E-state index contributed by atoms with van der Waals surface area (Å²) in [7, 11) is 1.66. The molecule has 1 amide bonds. The molecule has 0 spiro atoms. The van der Waals surface area contributed by atoms with Crippen LogP contribution in [0, 0.1) is 18.8 Å². The number of carbonyl (C=O) groups is 2. The summed E-state index contributed by atoms with van der Waals surface area (Å²) >= 11 is 9.33. The highest BCUT2D eigenvalue weighted by Gasteiger charge is 2.26. The molecule has 0 aromatic heterocycles. The summed E-state index contributed by atoms with van der Waals surface area (Å²) in [5, 5.41) is 3.58. The third-order valence-electron chi connectivity index (χ3n) is 6.50. The van der Waals surface area contributed by atoms with Gasteiger partial charge in [-0.15, -0.1) is 0 Å². The van der Waals surface area contributed by atoms with Crippen molar-refractivity contribution >= 4 is 44.9 Å². The Balaban J connectivity index is 0.000000270. The molecule has 0 bridgehead atoms. The predicted molar refractivity (Wildman–Crippen MR) is 145 cm³/mol. The summed E-state index contributed by atoms with van der Waals surface area (Å²) in [6.45, 7) is 7.78. The summed E-state index contributed by atoms with van der Waals surface area (Å²) in [5.41, 5.74) is 3.53. The van der Waals surface area contributed by atoms with Gasteiger partial charge in [-0.2, -0.15) is 0 Å². The van der Waals surface area contributed by atoms with Crippen LogP contribution < -0.4 is 10.1 Å². The molecule has 3 rings (SSSR count). The van der Waals surface area contributed by atoms with Crippen LogP contribution in [0.2, 0.25) is 5.02 Å². The fourth-order valence-electron chi connectivity index (χ4n) is 4.58. The second kappa shape index (κ2) is 13.9. The van der Waals surface area contributed by atoms with Gasteiger partial charge in [0.1, 0.15) is 5.75 Å². The van der Waals surface area contributed by atoms with Gasteiger partial charge < -0.3 is 10.1 Å². The molecule has 0 unspecified atom stereocenters. The smallest absolute Gasteiger partial charge is 0.227 e. The average Bonchev–Trinajstić information content (AvgIpc) is 2.82. The van der Waals surface area contributed by atoms with Crippen LogP contribution >= 0.6 is 27.5 Å². The van der Waals surface area contributed by atoms with Crippen LogP contribution in [0.1, 0.15) is 80.8 Å². The molecule has 2 aromatic carbocycles. The van der Waals surface area contributed by atoms with Gasteiger partial charge in [0.15, 0.2) is 5.78 Å². The lowest BCUT2D eigenvalue weighted by atomic mass is 9.80. The first-order valence-corrected chi connectivity index (χ1v) is 13.3. The molecule has 0 heterocycles. The van der Waals surface area contributed by atoms with Crippen LogP contribution in [0.3, 0.4) is 0 Å². The largest absolute Gasteiger partial charge is 0.496 e. The molecule has 1 N–H and O–H groups in total. The number of ketones is 1. The summed E-state index contributed by atoms with van der Waals surface area (Å²) < 4.78 is 6.25. The normalized spacial score (nSPS) is 17.4. The van der Waals surface area contributed by atoms with Crippen molar-refractivity contribution in [3.05, 3.63) is 56.5 Å². The number of methoxy groups -OCH3 is 1.